The first-order chi connectivity index (χ1) is 10.3. The minimum absolute atomic E-state index is 0.580. The van der Waals surface area contributed by atoms with Crippen molar-refractivity contribution in [3.05, 3.63) is 23.4 Å². The summed E-state index contributed by atoms with van der Waals surface area (Å²) in [4.78, 5) is 9.70. The third-order valence-electron chi connectivity index (χ3n) is 4.71. The zero-order valence-electron chi connectivity index (χ0n) is 13.3. The van der Waals surface area contributed by atoms with E-state index in [0.29, 0.717) is 6.04 Å². The van der Waals surface area contributed by atoms with Crippen LogP contribution in [0.5, 0.6) is 0 Å². The molecule has 0 spiro atoms. The molecule has 116 valence electrons. The monoisotopic (exact) mass is 289 g/mol. The van der Waals surface area contributed by atoms with Crippen molar-refractivity contribution < 1.29 is 4.74 Å². The largest absolute Gasteiger partial charge is 0.378 e. The zero-order chi connectivity index (χ0) is 14.7. The van der Waals surface area contributed by atoms with Crippen molar-refractivity contribution in [2.75, 3.05) is 44.3 Å². The number of rotatable bonds is 4. The second-order valence-electron chi connectivity index (χ2n) is 6.19. The molecule has 2 aliphatic heterocycles. The number of anilines is 1. The summed E-state index contributed by atoms with van der Waals surface area (Å²) >= 11 is 0. The van der Waals surface area contributed by atoms with Crippen molar-refractivity contribution in [2.24, 2.45) is 0 Å². The number of morpholine rings is 1. The van der Waals surface area contributed by atoms with Crippen molar-refractivity contribution in [1.29, 1.82) is 0 Å². The highest BCUT2D eigenvalue weighted by molar-refractivity contribution is 5.44. The highest BCUT2D eigenvalue weighted by Crippen LogP contribution is 2.34. The average molecular weight is 289 g/mol. The van der Waals surface area contributed by atoms with Crippen LogP contribution in [0.3, 0.4) is 0 Å². The van der Waals surface area contributed by atoms with E-state index in [2.05, 4.69) is 35.9 Å². The van der Waals surface area contributed by atoms with Crippen LogP contribution in [0.2, 0.25) is 0 Å². The normalized spacial score (nSPS) is 23.7. The fourth-order valence-corrected chi connectivity index (χ4v) is 3.60. The summed E-state index contributed by atoms with van der Waals surface area (Å²) in [5.41, 5.74) is 2.82. The molecule has 0 aliphatic carbocycles. The van der Waals surface area contributed by atoms with Gasteiger partial charge in [0.25, 0.3) is 0 Å². The first-order valence-corrected chi connectivity index (χ1v) is 8.33. The number of pyridine rings is 1. The third-order valence-corrected chi connectivity index (χ3v) is 4.71. The molecule has 2 saturated heterocycles. The summed E-state index contributed by atoms with van der Waals surface area (Å²) in [6.45, 7) is 10.5. The Bertz CT molecular complexity index is 471. The molecule has 0 radical (unpaired) electrons. The van der Waals surface area contributed by atoms with E-state index in [4.69, 9.17) is 9.72 Å². The van der Waals surface area contributed by atoms with Gasteiger partial charge in [-0.15, -0.1) is 0 Å². The lowest BCUT2D eigenvalue weighted by Crippen LogP contribution is -2.36. The summed E-state index contributed by atoms with van der Waals surface area (Å²) in [6, 6.07) is 2.85. The van der Waals surface area contributed by atoms with Crippen LogP contribution in [0.4, 0.5) is 5.82 Å². The molecule has 2 aliphatic rings. The minimum Gasteiger partial charge on any atom is -0.378 e. The van der Waals surface area contributed by atoms with Crippen LogP contribution in [0, 0.1) is 6.92 Å². The molecule has 0 unspecified atom stereocenters. The van der Waals surface area contributed by atoms with Crippen LogP contribution in [0.1, 0.15) is 43.4 Å². The van der Waals surface area contributed by atoms with E-state index in [9.17, 15) is 0 Å². The standard InChI is InChI=1S/C17H27N3O/c1-3-6-19-7-4-5-16(19)15-13-18-17(12-14(15)2)20-8-10-21-11-9-20/h12-13,16H,3-11H2,1-2H3/t16-/m1/s1. The molecule has 1 aromatic rings. The highest BCUT2D eigenvalue weighted by atomic mass is 16.5. The van der Waals surface area contributed by atoms with E-state index in [1.807, 2.05) is 0 Å². The van der Waals surface area contributed by atoms with Gasteiger partial charge in [-0.1, -0.05) is 6.92 Å². The van der Waals surface area contributed by atoms with E-state index in [-0.39, 0.29) is 0 Å². The molecule has 3 rings (SSSR count). The van der Waals surface area contributed by atoms with Crippen LogP contribution in [-0.2, 0) is 4.74 Å². The number of hydrogen-bond donors (Lipinski definition) is 0. The summed E-state index contributed by atoms with van der Waals surface area (Å²) in [5, 5.41) is 0. The quantitative estimate of drug-likeness (QED) is 0.852. The number of nitrogens with zero attached hydrogens (tertiary/aromatic N) is 3. The Hall–Kier alpha value is -1.13. The van der Waals surface area contributed by atoms with Crippen LogP contribution in [-0.4, -0.2) is 49.3 Å². The Labute approximate surface area is 128 Å². The molecule has 0 N–H and O–H groups in total. The Morgan fingerprint density at radius 2 is 2.10 bits per heavy atom. The third kappa shape index (κ3) is 3.22. The number of aromatic nitrogens is 1. The lowest BCUT2D eigenvalue weighted by molar-refractivity contribution is 0.122. The molecule has 0 amide bonds. The topological polar surface area (TPSA) is 28.6 Å². The molecule has 1 atom stereocenters. The molecule has 21 heavy (non-hydrogen) atoms. The van der Waals surface area contributed by atoms with E-state index < -0.39 is 0 Å². The lowest BCUT2D eigenvalue weighted by atomic mass is 10.0. The molecule has 3 heterocycles. The van der Waals surface area contributed by atoms with Crippen molar-refractivity contribution in [1.82, 2.24) is 9.88 Å². The Kier molecular flexibility index (Phi) is 4.76. The maximum Gasteiger partial charge on any atom is 0.128 e. The fraction of sp³-hybridized carbons (Fsp3) is 0.706. The van der Waals surface area contributed by atoms with Crippen LogP contribution in [0.15, 0.2) is 12.3 Å². The predicted octanol–water partition coefficient (Wildman–Crippen LogP) is 2.77. The van der Waals surface area contributed by atoms with Crippen LogP contribution in [0.25, 0.3) is 0 Å². The Balaban J connectivity index is 1.77. The Morgan fingerprint density at radius 1 is 1.29 bits per heavy atom. The SMILES string of the molecule is CCCN1CCC[C@@H]1c1cnc(N2CCOCC2)cc1C. The van der Waals surface area contributed by atoms with Crippen molar-refractivity contribution >= 4 is 5.82 Å². The van der Waals surface area contributed by atoms with Gasteiger partial charge in [0.15, 0.2) is 0 Å². The van der Waals surface area contributed by atoms with Gasteiger partial charge in [-0.3, -0.25) is 4.90 Å². The summed E-state index contributed by atoms with van der Waals surface area (Å²) in [5.74, 6) is 1.11. The van der Waals surface area contributed by atoms with Gasteiger partial charge >= 0.3 is 0 Å². The van der Waals surface area contributed by atoms with Crippen LogP contribution < -0.4 is 4.90 Å². The van der Waals surface area contributed by atoms with E-state index >= 15 is 0 Å². The van der Waals surface area contributed by atoms with Gasteiger partial charge in [0.05, 0.1) is 13.2 Å². The van der Waals surface area contributed by atoms with E-state index in [0.717, 1.165) is 32.1 Å². The van der Waals surface area contributed by atoms with Gasteiger partial charge in [0.2, 0.25) is 0 Å². The first-order valence-electron chi connectivity index (χ1n) is 8.33. The molecular formula is C17H27N3O. The summed E-state index contributed by atoms with van der Waals surface area (Å²) in [7, 11) is 0. The van der Waals surface area contributed by atoms with Gasteiger partial charge in [0, 0.05) is 25.3 Å². The predicted molar refractivity (Wildman–Crippen MR) is 85.8 cm³/mol. The van der Waals surface area contributed by atoms with Gasteiger partial charge < -0.3 is 9.64 Å². The number of hydrogen-bond acceptors (Lipinski definition) is 4. The van der Waals surface area contributed by atoms with Crippen LogP contribution >= 0.6 is 0 Å². The van der Waals surface area contributed by atoms with Gasteiger partial charge in [0.1, 0.15) is 5.82 Å². The minimum atomic E-state index is 0.580. The number of ether oxygens (including phenoxy) is 1. The second kappa shape index (κ2) is 6.75. The van der Waals surface area contributed by atoms with E-state index in [1.54, 1.807) is 0 Å². The molecule has 1 aromatic heterocycles. The van der Waals surface area contributed by atoms with Crippen molar-refractivity contribution in [2.45, 2.75) is 39.2 Å². The fourth-order valence-electron chi connectivity index (χ4n) is 3.60. The molecule has 4 heteroatoms. The Morgan fingerprint density at radius 3 is 2.81 bits per heavy atom. The highest BCUT2D eigenvalue weighted by Gasteiger charge is 2.27. The molecule has 0 aromatic carbocycles. The zero-order valence-corrected chi connectivity index (χ0v) is 13.3. The molecule has 0 bridgehead atoms. The molecule has 2 fully saturated rings. The maximum atomic E-state index is 5.42. The average Bonchev–Trinajstić information content (AvgIpc) is 2.96. The van der Waals surface area contributed by atoms with Gasteiger partial charge in [-0.05, 0) is 56.5 Å². The summed E-state index contributed by atoms with van der Waals surface area (Å²) in [6.07, 6.45) is 5.95. The molecule has 4 nitrogen and oxygen atoms in total. The van der Waals surface area contributed by atoms with E-state index in [1.165, 1.54) is 43.5 Å². The molecule has 0 saturated carbocycles. The second-order valence-corrected chi connectivity index (χ2v) is 6.19. The van der Waals surface area contributed by atoms with Crippen molar-refractivity contribution in [3.63, 3.8) is 0 Å². The maximum absolute atomic E-state index is 5.42. The van der Waals surface area contributed by atoms with Gasteiger partial charge in [-0.2, -0.15) is 0 Å². The lowest BCUT2D eigenvalue weighted by Gasteiger charge is -2.29. The number of aryl methyl sites for hydroxylation is 1. The first kappa shape index (κ1) is 14.8. The molecular weight excluding hydrogens is 262 g/mol. The number of likely N-dealkylation sites (tertiary alicyclic amines) is 1. The van der Waals surface area contributed by atoms with Gasteiger partial charge in [-0.25, -0.2) is 4.98 Å². The smallest absolute Gasteiger partial charge is 0.128 e. The summed E-state index contributed by atoms with van der Waals surface area (Å²) < 4.78 is 5.42. The van der Waals surface area contributed by atoms with Crippen molar-refractivity contribution in [3.8, 4) is 0 Å².